The van der Waals surface area contributed by atoms with E-state index in [0.29, 0.717) is 0 Å². The molecule has 0 aliphatic carbocycles. The summed E-state index contributed by atoms with van der Waals surface area (Å²) in [7, 11) is 0. The van der Waals surface area contributed by atoms with Crippen LogP contribution in [0.5, 0.6) is 0 Å². The van der Waals surface area contributed by atoms with Crippen molar-refractivity contribution in [2.75, 3.05) is 0 Å². The topological polar surface area (TPSA) is 0 Å². The first-order chi connectivity index (χ1) is 15.1. The third-order valence-electron chi connectivity index (χ3n) is 6.80. The summed E-state index contributed by atoms with van der Waals surface area (Å²) in [5.74, 6) is 0. The van der Waals surface area contributed by atoms with Crippen LogP contribution in [0.25, 0.3) is 21.5 Å². The lowest BCUT2D eigenvalue weighted by atomic mass is 9.81. The zero-order chi connectivity index (χ0) is 22.2. The first-order valence-corrected chi connectivity index (χ1v) is 13.2. The Balaban J connectivity index is 2.37. The summed E-state index contributed by atoms with van der Waals surface area (Å²) in [6, 6.07) is 11.3. The first-order valence-electron chi connectivity index (χ1n) is 12.8. The van der Waals surface area contributed by atoms with Crippen LogP contribution in [0.15, 0.2) is 30.3 Å². The molecule has 0 nitrogen and oxygen atoms in total. The highest BCUT2D eigenvalue weighted by Crippen LogP contribution is 2.37. The molecule has 0 amide bonds. The van der Waals surface area contributed by atoms with Crippen LogP contribution in [-0.2, 0) is 25.7 Å². The van der Waals surface area contributed by atoms with E-state index in [0.717, 1.165) is 5.02 Å². The number of fused-ring (bicyclic) bond motifs is 2. The molecule has 168 valence electrons. The number of hydrogen-bond donors (Lipinski definition) is 0. The van der Waals surface area contributed by atoms with E-state index in [1.54, 1.807) is 22.3 Å². The smallest absolute Gasteiger partial charge is 0.0412 e. The van der Waals surface area contributed by atoms with E-state index in [2.05, 4.69) is 52.0 Å². The molecule has 0 unspecified atom stereocenters. The van der Waals surface area contributed by atoms with Crippen LogP contribution < -0.4 is 0 Å². The maximum atomic E-state index is 6.38. The Morgan fingerprint density at radius 1 is 0.516 bits per heavy atom. The van der Waals surface area contributed by atoms with Crippen LogP contribution in [0.1, 0.15) is 101 Å². The minimum absolute atomic E-state index is 0.832. The van der Waals surface area contributed by atoms with Crippen molar-refractivity contribution in [2.45, 2.75) is 105 Å². The number of aryl methyl sites for hydroxylation is 2. The van der Waals surface area contributed by atoms with Gasteiger partial charge in [-0.1, -0.05) is 71.0 Å². The maximum absolute atomic E-state index is 6.38. The van der Waals surface area contributed by atoms with Crippen LogP contribution in [0.4, 0.5) is 0 Å². The molecule has 3 aromatic rings. The highest BCUT2D eigenvalue weighted by atomic mass is 35.5. The molecule has 3 aromatic carbocycles. The molecular formula is C30H41Cl. The molecule has 0 aromatic heterocycles. The van der Waals surface area contributed by atoms with Gasteiger partial charge in [0.2, 0.25) is 0 Å². The van der Waals surface area contributed by atoms with E-state index in [-0.39, 0.29) is 0 Å². The highest BCUT2D eigenvalue weighted by molar-refractivity contribution is 6.31. The summed E-state index contributed by atoms with van der Waals surface area (Å²) in [6.45, 7) is 9.29. The van der Waals surface area contributed by atoms with Crippen LogP contribution in [0.2, 0.25) is 5.02 Å². The third kappa shape index (κ3) is 5.64. The van der Waals surface area contributed by atoms with Crippen molar-refractivity contribution in [2.24, 2.45) is 0 Å². The van der Waals surface area contributed by atoms with Gasteiger partial charge in [0.15, 0.2) is 0 Å². The van der Waals surface area contributed by atoms with Crippen LogP contribution in [0.3, 0.4) is 0 Å². The number of unbranched alkanes of at least 4 members (excludes halogenated alkanes) is 4. The van der Waals surface area contributed by atoms with E-state index in [9.17, 15) is 0 Å². The van der Waals surface area contributed by atoms with Gasteiger partial charge in [-0.05, 0) is 119 Å². The van der Waals surface area contributed by atoms with Gasteiger partial charge in [0.05, 0.1) is 0 Å². The van der Waals surface area contributed by atoms with Crippen molar-refractivity contribution in [1.29, 1.82) is 0 Å². The lowest BCUT2D eigenvalue weighted by Crippen LogP contribution is -2.08. The molecule has 0 spiro atoms. The van der Waals surface area contributed by atoms with Gasteiger partial charge in [-0.15, -0.1) is 0 Å². The predicted molar refractivity (Wildman–Crippen MR) is 141 cm³/mol. The fraction of sp³-hybridized carbons (Fsp3) is 0.533. The Kier molecular flexibility index (Phi) is 9.27. The Hall–Kier alpha value is -1.53. The number of rotatable bonds is 12. The minimum Gasteiger partial charge on any atom is -0.0843 e. The van der Waals surface area contributed by atoms with Crippen LogP contribution >= 0.6 is 11.6 Å². The number of benzene rings is 3. The minimum atomic E-state index is 0.832. The van der Waals surface area contributed by atoms with Gasteiger partial charge >= 0.3 is 0 Å². The summed E-state index contributed by atoms with van der Waals surface area (Å²) >= 11 is 6.38. The van der Waals surface area contributed by atoms with Gasteiger partial charge in [0.1, 0.15) is 0 Å². The Morgan fingerprint density at radius 2 is 0.935 bits per heavy atom. The van der Waals surface area contributed by atoms with E-state index in [4.69, 9.17) is 11.6 Å². The Labute approximate surface area is 195 Å². The van der Waals surface area contributed by atoms with Gasteiger partial charge in [-0.3, -0.25) is 0 Å². The summed E-state index contributed by atoms with van der Waals surface area (Å²) < 4.78 is 0. The van der Waals surface area contributed by atoms with Gasteiger partial charge in [-0.25, -0.2) is 0 Å². The van der Waals surface area contributed by atoms with Crippen molar-refractivity contribution in [3.63, 3.8) is 0 Å². The van der Waals surface area contributed by atoms with Crippen LogP contribution in [-0.4, -0.2) is 0 Å². The van der Waals surface area contributed by atoms with E-state index in [1.807, 2.05) is 6.07 Å². The predicted octanol–water partition coefficient (Wildman–Crippen LogP) is 10.0. The van der Waals surface area contributed by atoms with Gasteiger partial charge in [-0.2, -0.15) is 0 Å². The summed E-state index contributed by atoms with van der Waals surface area (Å²) in [5, 5.41) is 6.45. The van der Waals surface area contributed by atoms with Crippen molar-refractivity contribution in [3.8, 4) is 0 Å². The number of hydrogen-bond acceptors (Lipinski definition) is 0. The fourth-order valence-electron chi connectivity index (χ4n) is 5.05. The average molecular weight is 437 g/mol. The zero-order valence-corrected chi connectivity index (χ0v) is 21.0. The van der Waals surface area contributed by atoms with Gasteiger partial charge in [0.25, 0.3) is 0 Å². The van der Waals surface area contributed by atoms with Gasteiger partial charge in [0, 0.05) is 5.02 Å². The van der Waals surface area contributed by atoms with Crippen molar-refractivity contribution >= 4 is 33.1 Å². The molecule has 3 rings (SSSR count). The summed E-state index contributed by atoms with van der Waals surface area (Å²) in [4.78, 5) is 0. The maximum Gasteiger partial charge on any atom is 0.0412 e. The molecule has 0 saturated heterocycles. The molecule has 0 aliphatic heterocycles. The average Bonchev–Trinajstić information content (AvgIpc) is 2.78. The second kappa shape index (κ2) is 11.9. The fourth-order valence-corrected chi connectivity index (χ4v) is 5.23. The van der Waals surface area contributed by atoms with E-state index < -0.39 is 0 Å². The molecule has 0 aliphatic rings. The highest BCUT2D eigenvalue weighted by Gasteiger charge is 2.19. The monoisotopic (exact) mass is 436 g/mol. The Bertz CT molecular complexity index is 999. The second-order valence-electron chi connectivity index (χ2n) is 9.22. The lowest BCUT2D eigenvalue weighted by Gasteiger charge is -2.24. The van der Waals surface area contributed by atoms with Crippen LogP contribution in [0, 0.1) is 0 Å². The van der Waals surface area contributed by atoms with Crippen molar-refractivity contribution in [1.82, 2.24) is 0 Å². The molecule has 0 fully saturated rings. The normalized spacial score (nSPS) is 11.6. The standard InChI is InChI=1S/C30H41Cl/c1-5-9-13-25-26(14-10-6-2)28(16-12-8-4)30-21-23-19-24(31)18-17-22(23)20-29(30)27(25)15-11-7-3/h17-21H,5-16H2,1-4H3. The molecular weight excluding hydrogens is 396 g/mol. The SMILES string of the molecule is CCCCc1c(CCCC)c(CCCC)c2cc3cc(Cl)ccc3cc2c1CCCC. The van der Waals surface area contributed by atoms with Gasteiger partial charge < -0.3 is 0 Å². The molecule has 0 heterocycles. The third-order valence-corrected chi connectivity index (χ3v) is 7.04. The largest absolute Gasteiger partial charge is 0.0843 e. The zero-order valence-electron chi connectivity index (χ0n) is 20.2. The quantitative estimate of drug-likeness (QED) is 0.247. The summed E-state index contributed by atoms with van der Waals surface area (Å²) in [5.41, 5.74) is 6.69. The molecule has 0 radical (unpaired) electrons. The van der Waals surface area contributed by atoms with Crippen molar-refractivity contribution < 1.29 is 0 Å². The molecule has 0 N–H and O–H groups in total. The lowest BCUT2D eigenvalue weighted by molar-refractivity contribution is 0.724. The van der Waals surface area contributed by atoms with Crippen molar-refractivity contribution in [3.05, 3.63) is 57.6 Å². The molecule has 31 heavy (non-hydrogen) atoms. The van der Waals surface area contributed by atoms with E-state index >= 15 is 0 Å². The second-order valence-corrected chi connectivity index (χ2v) is 9.65. The molecule has 0 atom stereocenters. The molecule has 0 saturated carbocycles. The number of halogens is 1. The summed E-state index contributed by atoms with van der Waals surface area (Å²) in [6.07, 6.45) is 15.0. The first kappa shape index (κ1) is 24.1. The molecule has 0 bridgehead atoms. The van der Waals surface area contributed by atoms with E-state index in [1.165, 1.54) is 98.6 Å². The molecule has 1 heteroatoms. The Morgan fingerprint density at radius 3 is 1.39 bits per heavy atom.